The Morgan fingerprint density at radius 2 is 1.59 bits per heavy atom. The average Bonchev–Trinajstić information content (AvgIpc) is 2.96. The molecule has 0 aromatic heterocycles. The van der Waals surface area contributed by atoms with Crippen LogP contribution in [0.15, 0.2) is 83.8 Å². The number of nitrogens with zero attached hydrogens (tertiary/aromatic N) is 1. The molecular formula is C28H32N4O6S. The molecule has 206 valence electrons. The summed E-state index contributed by atoms with van der Waals surface area (Å²) in [6.45, 7) is 1.67. The quantitative estimate of drug-likeness (QED) is 0.259. The van der Waals surface area contributed by atoms with Crippen molar-refractivity contribution >= 4 is 33.2 Å². The highest BCUT2D eigenvalue weighted by Crippen LogP contribution is 2.37. The first-order valence-corrected chi connectivity index (χ1v) is 14.1. The number of hydrogen-bond donors (Lipinski definition) is 5. The molecule has 0 saturated carbocycles. The second kappa shape index (κ2) is 12.7. The van der Waals surface area contributed by atoms with E-state index in [1.165, 1.54) is 36.4 Å². The molecule has 11 heteroatoms. The maximum Gasteiger partial charge on any atom is 0.268 e. The molecule has 5 N–H and O–H groups in total. The molecule has 2 amide bonds. The topological polar surface area (TPSA) is 148 Å². The Morgan fingerprint density at radius 1 is 0.949 bits per heavy atom. The monoisotopic (exact) mass is 552 g/mol. The third kappa shape index (κ3) is 6.75. The van der Waals surface area contributed by atoms with E-state index < -0.39 is 34.5 Å². The number of nitrogens with one attached hydrogen (secondary N) is 3. The number of aliphatic hydroxyl groups excluding tert-OH is 1. The number of carbonyl (C=O) groups excluding carboxylic acids is 2. The van der Waals surface area contributed by atoms with Crippen molar-refractivity contribution < 1.29 is 28.2 Å². The molecule has 1 heterocycles. The third-order valence-corrected chi connectivity index (χ3v) is 8.33. The number of anilines is 2. The van der Waals surface area contributed by atoms with Gasteiger partial charge in [-0.1, -0.05) is 30.3 Å². The SMILES string of the molecule is O=C(NC(CO)C(=O)NCC1CCNCC1)c1ccc(S(=O)(=O)N(c2ccccc2)c2ccccc2O)cc1. The van der Waals surface area contributed by atoms with Crippen LogP contribution in [0.2, 0.25) is 0 Å². The van der Waals surface area contributed by atoms with Crippen LogP contribution in [0.25, 0.3) is 0 Å². The third-order valence-electron chi connectivity index (χ3n) is 6.57. The first kappa shape index (κ1) is 28.1. The molecule has 3 aromatic rings. The summed E-state index contributed by atoms with van der Waals surface area (Å²) < 4.78 is 28.4. The van der Waals surface area contributed by atoms with Crippen LogP contribution in [-0.2, 0) is 14.8 Å². The van der Waals surface area contributed by atoms with Crippen LogP contribution < -0.4 is 20.3 Å². The van der Waals surface area contributed by atoms with Gasteiger partial charge in [-0.05, 0) is 80.4 Å². The van der Waals surface area contributed by atoms with Crippen LogP contribution >= 0.6 is 0 Å². The molecule has 1 atom stereocenters. The summed E-state index contributed by atoms with van der Waals surface area (Å²) in [5.41, 5.74) is 0.515. The summed E-state index contributed by atoms with van der Waals surface area (Å²) in [4.78, 5) is 25.2. The molecule has 1 aliphatic rings. The van der Waals surface area contributed by atoms with Crippen molar-refractivity contribution in [2.45, 2.75) is 23.8 Å². The van der Waals surface area contributed by atoms with Gasteiger partial charge in [0.1, 0.15) is 11.8 Å². The smallest absolute Gasteiger partial charge is 0.268 e. The lowest BCUT2D eigenvalue weighted by Crippen LogP contribution is -2.50. The first-order chi connectivity index (χ1) is 18.8. The van der Waals surface area contributed by atoms with Gasteiger partial charge >= 0.3 is 0 Å². The number of benzene rings is 3. The second-order valence-corrected chi connectivity index (χ2v) is 11.1. The van der Waals surface area contributed by atoms with E-state index in [0.29, 0.717) is 18.2 Å². The predicted molar refractivity (Wildman–Crippen MR) is 147 cm³/mol. The zero-order valence-corrected chi connectivity index (χ0v) is 22.1. The van der Waals surface area contributed by atoms with Crippen molar-refractivity contribution in [1.29, 1.82) is 0 Å². The molecule has 4 rings (SSSR count). The minimum atomic E-state index is -4.20. The maximum atomic E-state index is 13.7. The van der Waals surface area contributed by atoms with Crippen molar-refractivity contribution in [3.8, 4) is 5.75 Å². The van der Waals surface area contributed by atoms with Crippen molar-refractivity contribution in [3.63, 3.8) is 0 Å². The number of sulfonamides is 1. The first-order valence-electron chi connectivity index (χ1n) is 12.7. The number of carbonyl (C=O) groups is 2. The van der Waals surface area contributed by atoms with Gasteiger partial charge in [-0.2, -0.15) is 0 Å². The summed E-state index contributed by atoms with van der Waals surface area (Å²) in [7, 11) is -4.20. The molecule has 1 fully saturated rings. The van der Waals surface area contributed by atoms with Crippen molar-refractivity contribution in [2.24, 2.45) is 5.92 Å². The van der Waals surface area contributed by atoms with E-state index in [1.54, 1.807) is 42.5 Å². The summed E-state index contributed by atoms with van der Waals surface area (Å²) in [6.07, 6.45) is 1.88. The molecule has 10 nitrogen and oxygen atoms in total. The second-order valence-electron chi connectivity index (χ2n) is 9.27. The molecule has 1 aliphatic heterocycles. The van der Waals surface area contributed by atoms with Crippen molar-refractivity contribution in [3.05, 3.63) is 84.4 Å². The van der Waals surface area contributed by atoms with Crippen molar-refractivity contribution in [1.82, 2.24) is 16.0 Å². The average molecular weight is 553 g/mol. The number of piperidine rings is 1. The Hall–Kier alpha value is -3.93. The Kier molecular flexibility index (Phi) is 9.18. The zero-order valence-electron chi connectivity index (χ0n) is 21.3. The van der Waals surface area contributed by atoms with Gasteiger partial charge in [0.15, 0.2) is 0 Å². The van der Waals surface area contributed by atoms with E-state index in [1.807, 2.05) is 0 Å². The van der Waals surface area contributed by atoms with Gasteiger partial charge in [-0.3, -0.25) is 9.59 Å². The number of phenolic OH excluding ortho intramolecular Hbond substituents is 1. The number of amides is 2. The minimum Gasteiger partial charge on any atom is -0.506 e. The fourth-order valence-electron chi connectivity index (χ4n) is 4.38. The Bertz CT molecular complexity index is 1380. The summed E-state index contributed by atoms with van der Waals surface area (Å²) in [5.74, 6) is -0.984. The van der Waals surface area contributed by atoms with Crippen LogP contribution in [0.3, 0.4) is 0 Å². The number of phenols is 1. The van der Waals surface area contributed by atoms with E-state index in [0.717, 1.165) is 30.2 Å². The lowest BCUT2D eigenvalue weighted by molar-refractivity contribution is -0.124. The van der Waals surface area contributed by atoms with Gasteiger partial charge in [-0.25, -0.2) is 12.7 Å². The minimum absolute atomic E-state index is 0.0757. The Morgan fingerprint density at radius 3 is 2.23 bits per heavy atom. The van der Waals surface area contributed by atoms with E-state index in [-0.39, 0.29) is 21.9 Å². The zero-order chi connectivity index (χ0) is 27.8. The lowest BCUT2D eigenvalue weighted by atomic mass is 9.98. The van der Waals surface area contributed by atoms with Gasteiger partial charge < -0.3 is 26.2 Å². The van der Waals surface area contributed by atoms with Crippen LogP contribution in [0.4, 0.5) is 11.4 Å². The fourth-order valence-corrected chi connectivity index (χ4v) is 5.88. The number of para-hydroxylation sites is 3. The van der Waals surface area contributed by atoms with E-state index in [9.17, 15) is 28.2 Å². The standard InChI is InChI=1S/C28H32N4O6S/c33-19-24(28(36)30-18-20-14-16-29-17-15-20)31-27(35)21-10-12-23(13-11-21)39(37,38)32(22-6-2-1-3-7-22)25-8-4-5-9-26(25)34/h1-13,20,24,29,33-34H,14-19H2,(H,30,36)(H,31,35). The summed E-state index contributed by atoms with van der Waals surface area (Å²) in [6, 6.07) is 18.5. The van der Waals surface area contributed by atoms with Crippen LogP contribution in [0, 0.1) is 5.92 Å². The number of aliphatic hydroxyl groups is 1. The summed E-state index contributed by atoms with van der Waals surface area (Å²) >= 11 is 0. The van der Waals surface area contributed by atoms with E-state index >= 15 is 0 Å². The molecule has 39 heavy (non-hydrogen) atoms. The fraction of sp³-hybridized carbons (Fsp3) is 0.286. The van der Waals surface area contributed by atoms with E-state index in [2.05, 4.69) is 16.0 Å². The summed E-state index contributed by atoms with van der Waals surface area (Å²) in [5, 5.41) is 28.7. The number of hydrogen-bond acceptors (Lipinski definition) is 7. The number of aromatic hydroxyl groups is 1. The van der Waals surface area contributed by atoms with Gasteiger partial charge in [-0.15, -0.1) is 0 Å². The number of rotatable bonds is 10. The maximum absolute atomic E-state index is 13.7. The van der Waals surface area contributed by atoms with Crippen LogP contribution in [0.1, 0.15) is 23.2 Å². The highest BCUT2D eigenvalue weighted by molar-refractivity contribution is 7.93. The molecule has 0 bridgehead atoms. The molecular weight excluding hydrogens is 520 g/mol. The molecule has 1 saturated heterocycles. The highest BCUT2D eigenvalue weighted by Gasteiger charge is 2.29. The van der Waals surface area contributed by atoms with Gasteiger partial charge in [0.25, 0.3) is 15.9 Å². The van der Waals surface area contributed by atoms with Crippen LogP contribution in [0.5, 0.6) is 5.75 Å². The largest absolute Gasteiger partial charge is 0.506 e. The molecule has 0 aliphatic carbocycles. The lowest BCUT2D eigenvalue weighted by Gasteiger charge is -2.25. The molecule has 1 unspecified atom stereocenters. The van der Waals surface area contributed by atoms with Crippen molar-refractivity contribution in [2.75, 3.05) is 30.5 Å². The van der Waals surface area contributed by atoms with Gasteiger partial charge in [0, 0.05) is 12.1 Å². The predicted octanol–water partition coefficient (Wildman–Crippen LogP) is 2.13. The molecule has 0 radical (unpaired) electrons. The van der Waals surface area contributed by atoms with E-state index in [4.69, 9.17) is 0 Å². The molecule has 3 aromatic carbocycles. The molecule has 0 spiro atoms. The highest BCUT2D eigenvalue weighted by atomic mass is 32.2. The Balaban J connectivity index is 1.49. The van der Waals surface area contributed by atoms with Crippen LogP contribution in [-0.4, -0.2) is 62.7 Å². The van der Waals surface area contributed by atoms with Gasteiger partial charge in [0.2, 0.25) is 5.91 Å². The Labute approximate surface area is 227 Å². The van der Waals surface area contributed by atoms with Gasteiger partial charge in [0.05, 0.1) is 22.9 Å². The normalized spacial score (nSPS) is 14.8.